The van der Waals surface area contributed by atoms with E-state index in [9.17, 15) is 36.0 Å². The first kappa shape index (κ1) is 30.2. The normalized spacial score (nSPS) is 19.3. The molecule has 2 aromatic carbocycles. The Morgan fingerprint density at radius 2 is 1.69 bits per heavy atom. The molecule has 2 saturated carbocycles. The van der Waals surface area contributed by atoms with E-state index in [1.807, 2.05) is 4.90 Å². The summed E-state index contributed by atoms with van der Waals surface area (Å²) in [6.07, 6.45) is -0.314. The highest BCUT2D eigenvalue weighted by Crippen LogP contribution is 2.46. The van der Waals surface area contributed by atoms with Gasteiger partial charge in [0.15, 0.2) is 0 Å². The van der Waals surface area contributed by atoms with Gasteiger partial charge >= 0.3 is 6.18 Å². The monoisotopic (exact) mass is 611 g/mol. The number of carbonyl (C=O) groups is 1. The van der Waals surface area contributed by atoms with Crippen LogP contribution in [0, 0.1) is 28.4 Å². The lowest BCUT2D eigenvalue weighted by molar-refractivity contribution is -0.137. The van der Waals surface area contributed by atoms with Crippen LogP contribution in [0.5, 0.6) is 5.75 Å². The van der Waals surface area contributed by atoms with Crippen LogP contribution < -0.4 is 9.46 Å². The van der Waals surface area contributed by atoms with Gasteiger partial charge in [-0.3, -0.25) is 9.69 Å². The van der Waals surface area contributed by atoms with Crippen LogP contribution >= 0.6 is 0 Å². The molecular weight excluding hydrogens is 581 g/mol. The Kier molecular flexibility index (Phi) is 8.00. The number of sulfonamides is 1. The number of alkyl halides is 3. The van der Waals surface area contributed by atoms with Crippen LogP contribution in [0.2, 0.25) is 0 Å². The first-order valence-corrected chi connectivity index (χ1v) is 15.6. The van der Waals surface area contributed by atoms with Crippen molar-refractivity contribution in [1.29, 1.82) is 5.26 Å². The summed E-state index contributed by atoms with van der Waals surface area (Å²) in [5.41, 5.74) is -1.62. The summed E-state index contributed by atoms with van der Waals surface area (Å²) < 4.78 is 101. The number of nitrogens with one attached hydrogen (secondary N) is 1. The SMILES string of the molecule is CS(=O)(=O)NC(=O)c1cc(C2CC2)c(OCC2(C#N)CCN(Cc3cc(C(F)(F)F)cc(C4CC4)c3F)CC2)cc1F. The average Bonchev–Trinajstić information content (AvgIpc) is 3.82. The van der Waals surface area contributed by atoms with Crippen LogP contribution in [0.1, 0.15) is 83.0 Å². The minimum Gasteiger partial charge on any atom is -0.492 e. The summed E-state index contributed by atoms with van der Waals surface area (Å²) in [7, 11) is -3.90. The maximum atomic E-state index is 15.2. The van der Waals surface area contributed by atoms with Crippen molar-refractivity contribution >= 4 is 15.9 Å². The van der Waals surface area contributed by atoms with E-state index in [0.717, 1.165) is 37.3 Å². The molecule has 5 rings (SSSR count). The van der Waals surface area contributed by atoms with Crippen molar-refractivity contribution in [1.82, 2.24) is 9.62 Å². The van der Waals surface area contributed by atoms with Crippen molar-refractivity contribution in [3.05, 3.63) is 63.7 Å². The van der Waals surface area contributed by atoms with Gasteiger partial charge in [-0.05, 0) is 79.7 Å². The number of piperidine rings is 1. The molecule has 1 amide bonds. The number of nitrogens with zero attached hydrogens (tertiary/aromatic N) is 2. The molecule has 1 N–H and O–H groups in total. The smallest absolute Gasteiger partial charge is 0.416 e. The topological polar surface area (TPSA) is 99.5 Å². The predicted molar refractivity (Wildman–Crippen MR) is 142 cm³/mol. The number of carbonyl (C=O) groups excluding carboxylic acids is 1. The maximum absolute atomic E-state index is 15.2. The van der Waals surface area contributed by atoms with E-state index in [4.69, 9.17) is 4.74 Å². The van der Waals surface area contributed by atoms with Crippen molar-refractivity contribution in [3.8, 4) is 11.8 Å². The van der Waals surface area contributed by atoms with Crippen LogP contribution in [0.3, 0.4) is 0 Å². The molecule has 2 aromatic rings. The third-order valence-electron chi connectivity index (χ3n) is 8.11. The van der Waals surface area contributed by atoms with Crippen LogP contribution in [-0.4, -0.2) is 45.2 Å². The Morgan fingerprint density at radius 1 is 1.07 bits per heavy atom. The number of benzene rings is 2. The zero-order valence-electron chi connectivity index (χ0n) is 22.9. The number of rotatable bonds is 9. The molecule has 0 aromatic heterocycles. The van der Waals surface area contributed by atoms with Gasteiger partial charge in [-0.15, -0.1) is 0 Å². The van der Waals surface area contributed by atoms with Gasteiger partial charge < -0.3 is 4.74 Å². The van der Waals surface area contributed by atoms with Crippen molar-refractivity contribution in [2.45, 2.75) is 63.1 Å². The molecule has 1 saturated heterocycles. The molecule has 226 valence electrons. The first-order valence-electron chi connectivity index (χ1n) is 13.7. The predicted octanol–water partition coefficient (Wildman–Crippen LogP) is 5.61. The largest absolute Gasteiger partial charge is 0.492 e. The molecule has 0 spiro atoms. The molecule has 3 aliphatic rings. The van der Waals surface area contributed by atoms with Gasteiger partial charge in [-0.2, -0.15) is 18.4 Å². The van der Waals surface area contributed by atoms with Crippen molar-refractivity contribution in [3.63, 3.8) is 0 Å². The van der Waals surface area contributed by atoms with Gasteiger partial charge in [0, 0.05) is 31.3 Å². The van der Waals surface area contributed by atoms with Crippen molar-refractivity contribution in [2.75, 3.05) is 26.0 Å². The van der Waals surface area contributed by atoms with Crippen molar-refractivity contribution < 1.29 is 39.9 Å². The molecule has 0 atom stereocenters. The summed E-state index contributed by atoms with van der Waals surface area (Å²) in [4.78, 5) is 14.1. The molecular formula is C29H30F5N3O4S. The van der Waals surface area contributed by atoms with Gasteiger partial charge in [0.05, 0.1) is 28.9 Å². The maximum Gasteiger partial charge on any atom is 0.416 e. The summed E-state index contributed by atoms with van der Waals surface area (Å²) in [6, 6.07) is 6.36. The molecule has 1 heterocycles. The molecule has 42 heavy (non-hydrogen) atoms. The Hall–Kier alpha value is -3.24. The van der Waals surface area contributed by atoms with Crippen LogP contribution in [0.15, 0.2) is 24.3 Å². The van der Waals surface area contributed by atoms with Crippen LogP contribution in [-0.2, 0) is 22.7 Å². The lowest BCUT2D eigenvalue weighted by Crippen LogP contribution is -2.42. The second-order valence-corrected chi connectivity index (χ2v) is 13.4. The minimum atomic E-state index is -4.59. The summed E-state index contributed by atoms with van der Waals surface area (Å²) in [6.45, 7) is 0.528. The van der Waals surface area contributed by atoms with E-state index in [0.29, 0.717) is 44.3 Å². The number of hydrogen-bond donors (Lipinski definition) is 1. The van der Waals surface area contributed by atoms with Gasteiger partial charge in [-0.25, -0.2) is 21.9 Å². The van der Waals surface area contributed by atoms with Gasteiger partial charge in [-0.1, -0.05) is 0 Å². The molecule has 0 bridgehead atoms. The highest BCUT2D eigenvalue weighted by atomic mass is 32.2. The summed E-state index contributed by atoms with van der Waals surface area (Å²) in [5, 5.41) is 10.0. The van der Waals surface area contributed by atoms with E-state index < -0.39 is 50.3 Å². The first-order chi connectivity index (χ1) is 19.7. The van der Waals surface area contributed by atoms with E-state index in [2.05, 4.69) is 6.07 Å². The fourth-order valence-corrected chi connectivity index (χ4v) is 5.82. The van der Waals surface area contributed by atoms with Gasteiger partial charge in [0.25, 0.3) is 5.91 Å². The molecule has 0 unspecified atom stereocenters. The molecule has 0 radical (unpaired) electrons. The standard InChI is InChI=1S/C29H30F5N3O4S/c1-42(39,40)36-27(38)23-12-21(17-2-3-17)25(13-24(23)30)41-16-28(15-35)6-8-37(9-7-28)14-19-10-20(29(32,33)34)11-22(26(19)31)18-4-5-18/h10-13,17-18H,2-9,14,16H2,1H3,(H,36,38). The number of ether oxygens (including phenoxy) is 1. The molecule has 7 nitrogen and oxygen atoms in total. The van der Waals surface area contributed by atoms with E-state index in [1.54, 1.807) is 4.72 Å². The van der Waals surface area contributed by atoms with E-state index >= 15 is 4.39 Å². The summed E-state index contributed by atoms with van der Waals surface area (Å²) >= 11 is 0. The average molecular weight is 612 g/mol. The third-order valence-corrected chi connectivity index (χ3v) is 8.66. The van der Waals surface area contributed by atoms with Crippen LogP contribution in [0.4, 0.5) is 22.0 Å². The second kappa shape index (κ2) is 11.1. The number of nitriles is 1. The Labute approximate surface area is 240 Å². The third kappa shape index (κ3) is 6.86. The highest BCUT2D eigenvalue weighted by Gasteiger charge is 2.39. The zero-order valence-corrected chi connectivity index (χ0v) is 23.7. The minimum absolute atomic E-state index is 0.00755. The van der Waals surface area contributed by atoms with Crippen LogP contribution in [0.25, 0.3) is 0 Å². The second-order valence-electron chi connectivity index (χ2n) is 11.6. The number of halogens is 5. The van der Waals surface area contributed by atoms with Gasteiger partial charge in [0.1, 0.15) is 24.0 Å². The fraction of sp³-hybridized carbons (Fsp3) is 0.517. The molecule has 3 fully saturated rings. The fourth-order valence-electron chi connectivity index (χ4n) is 5.37. The number of likely N-dealkylation sites (tertiary alicyclic amines) is 1. The Morgan fingerprint density at radius 3 is 2.24 bits per heavy atom. The van der Waals surface area contributed by atoms with E-state index in [1.165, 1.54) is 6.07 Å². The van der Waals surface area contributed by atoms with E-state index in [-0.39, 0.29) is 41.9 Å². The number of amides is 1. The lowest BCUT2D eigenvalue weighted by atomic mass is 9.80. The zero-order chi connectivity index (χ0) is 30.4. The molecule has 13 heteroatoms. The Balaban J connectivity index is 1.27. The lowest BCUT2D eigenvalue weighted by Gasteiger charge is -2.37. The van der Waals surface area contributed by atoms with Gasteiger partial charge in [0.2, 0.25) is 10.0 Å². The highest BCUT2D eigenvalue weighted by molar-refractivity contribution is 7.89. The Bertz CT molecular complexity index is 1540. The van der Waals surface area contributed by atoms with Crippen molar-refractivity contribution in [2.24, 2.45) is 5.41 Å². The number of hydrogen-bond acceptors (Lipinski definition) is 6. The summed E-state index contributed by atoms with van der Waals surface area (Å²) in [5.74, 6) is -2.68. The molecule has 2 aliphatic carbocycles. The molecule has 1 aliphatic heterocycles. The quantitative estimate of drug-likeness (QED) is 0.370.